The summed E-state index contributed by atoms with van der Waals surface area (Å²) in [5, 5.41) is 8.05. The number of hydrogen-bond acceptors (Lipinski definition) is 5. The molecule has 1 unspecified atom stereocenters. The fourth-order valence-corrected chi connectivity index (χ4v) is 4.98. The SMILES string of the molecule is CC(C)(C)c1nn(-c2ccccc2)c2c1C(c1ccc3c(c1)OCO3)SCC(=O)N2. The van der Waals surface area contributed by atoms with Gasteiger partial charge in [-0.25, -0.2) is 4.68 Å². The van der Waals surface area contributed by atoms with E-state index < -0.39 is 0 Å². The van der Waals surface area contributed by atoms with Crippen LogP contribution in [0.3, 0.4) is 0 Å². The second kappa shape index (κ2) is 7.09. The van der Waals surface area contributed by atoms with Crippen LogP contribution in [0.1, 0.15) is 42.8 Å². The van der Waals surface area contributed by atoms with Crippen LogP contribution in [-0.2, 0) is 10.2 Å². The molecule has 3 heterocycles. The Morgan fingerprint density at radius 2 is 1.87 bits per heavy atom. The largest absolute Gasteiger partial charge is 0.454 e. The molecule has 6 nitrogen and oxygen atoms in total. The Morgan fingerprint density at radius 3 is 2.63 bits per heavy atom. The molecule has 2 aliphatic rings. The van der Waals surface area contributed by atoms with Gasteiger partial charge in [0.1, 0.15) is 5.82 Å². The molecule has 154 valence electrons. The van der Waals surface area contributed by atoms with Gasteiger partial charge < -0.3 is 14.8 Å². The molecule has 0 saturated heterocycles. The molecule has 30 heavy (non-hydrogen) atoms. The van der Waals surface area contributed by atoms with Crippen molar-refractivity contribution < 1.29 is 14.3 Å². The Bertz CT molecular complexity index is 1120. The van der Waals surface area contributed by atoms with Crippen LogP contribution in [0.25, 0.3) is 5.69 Å². The van der Waals surface area contributed by atoms with Crippen molar-refractivity contribution in [2.45, 2.75) is 31.4 Å². The van der Waals surface area contributed by atoms with Crippen molar-refractivity contribution in [3.63, 3.8) is 0 Å². The number of para-hydroxylation sites is 1. The highest BCUT2D eigenvalue weighted by atomic mass is 32.2. The van der Waals surface area contributed by atoms with Crippen LogP contribution in [0.2, 0.25) is 0 Å². The molecule has 0 fully saturated rings. The standard InChI is InChI=1S/C23H23N3O3S/c1-23(2,3)21-19-20(14-9-10-16-17(11-14)29-13-28-16)30-12-18(27)24-22(19)26(25-21)15-7-5-4-6-8-15/h4-11,20H,12-13H2,1-3H3,(H,24,27). The summed E-state index contributed by atoms with van der Waals surface area (Å²) in [4.78, 5) is 12.6. The van der Waals surface area contributed by atoms with Gasteiger partial charge in [0.25, 0.3) is 0 Å². The molecule has 0 radical (unpaired) electrons. The number of carbonyl (C=O) groups is 1. The van der Waals surface area contributed by atoms with Gasteiger partial charge in [-0.1, -0.05) is 45.0 Å². The Balaban J connectivity index is 1.73. The van der Waals surface area contributed by atoms with Gasteiger partial charge >= 0.3 is 0 Å². The Hall–Kier alpha value is -2.93. The maximum Gasteiger partial charge on any atom is 0.235 e. The maximum absolute atomic E-state index is 12.6. The van der Waals surface area contributed by atoms with Gasteiger partial charge in [-0.3, -0.25) is 4.79 Å². The molecule has 5 rings (SSSR count). The van der Waals surface area contributed by atoms with Crippen molar-refractivity contribution in [1.29, 1.82) is 0 Å². The lowest BCUT2D eigenvalue weighted by Gasteiger charge is -2.22. The molecule has 7 heteroatoms. The van der Waals surface area contributed by atoms with E-state index in [4.69, 9.17) is 14.6 Å². The van der Waals surface area contributed by atoms with E-state index in [-0.39, 0.29) is 23.4 Å². The Morgan fingerprint density at radius 1 is 1.10 bits per heavy atom. The first-order chi connectivity index (χ1) is 14.4. The fourth-order valence-electron chi connectivity index (χ4n) is 3.86. The zero-order chi connectivity index (χ0) is 20.9. The number of ether oxygens (including phenoxy) is 2. The lowest BCUT2D eigenvalue weighted by molar-refractivity contribution is -0.113. The minimum Gasteiger partial charge on any atom is -0.454 e. The van der Waals surface area contributed by atoms with E-state index in [1.54, 1.807) is 11.8 Å². The van der Waals surface area contributed by atoms with Crippen molar-refractivity contribution in [2.24, 2.45) is 0 Å². The van der Waals surface area contributed by atoms with E-state index in [0.29, 0.717) is 5.75 Å². The van der Waals surface area contributed by atoms with E-state index in [0.717, 1.165) is 39.8 Å². The molecule has 2 aliphatic heterocycles. The number of rotatable bonds is 2. The zero-order valence-corrected chi connectivity index (χ0v) is 18.0. The van der Waals surface area contributed by atoms with E-state index in [2.05, 4.69) is 32.2 Å². The number of amides is 1. The maximum atomic E-state index is 12.6. The third kappa shape index (κ3) is 3.23. The van der Waals surface area contributed by atoms with Crippen LogP contribution < -0.4 is 14.8 Å². The predicted octanol–water partition coefficient (Wildman–Crippen LogP) is 4.67. The van der Waals surface area contributed by atoms with Crippen molar-refractivity contribution in [1.82, 2.24) is 9.78 Å². The highest BCUT2D eigenvalue weighted by Gasteiger charge is 2.36. The van der Waals surface area contributed by atoms with Gasteiger partial charge in [-0.2, -0.15) is 5.10 Å². The van der Waals surface area contributed by atoms with Crippen molar-refractivity contribution in [3.8, 4) is 17.2 Å². The van der Waals surface area contributed by atoms with Crippen LogP contribution in [-0.4, -0.2) is 28.2 Å². The first-order valence-electron chi connectivity index (χ1n) is 9.91. The van der Waals surface area contributed by atoms with Crippen LogP contribution in [0, 0.1) is 0 Å². The second-order valence-electron chi connectivity index (χ2n) is 8.46. The smallest absolute Gasteiger partial charge is 0.235 e. The molecule has 1 amide bonds. The Labute approximate surface area is 179 Å². The summed E-state index contributed by atoms with van der Waals surface area (Å²) in [5.41, 5.74) is 3.80. The number of fused-ring (bicyclic) bond motifs is 2. The molecule has 3 aromatic rings. The normalized spacial score (nSPS) is 18.0. The van der Waals surface area contributed by atoms with E-state index in [1.807, 2.05) is 47.1 Å². The second-order valence-corrected chi connectivity index (χ2v) is 9.55. The van der Waals surface area contributed by atoms with E-state index in [1.165, 1.54) is 0 Å². The molecule has 0 aliphatic carbocycles. The summed E-state index contributed by atoms with van der Waals surface area (Å²) in [5.74, 6) is 2.58. The molecular weight excluding hydrogens is 398 g/mol. The molecule has 1 aromatic heterocycles. The first kappa shape index (κ1) is 19.1. The summed E-state index contributed by atoms with van der Waals surface area (Å²) in [6, 6.07) is 15.9. The van der Waals surface area contributed by atoms with Gasteiger partial charge in [0, 0.05) is 11.0 Å². The lowest BCUT2D eigenvalue weighted by Crippen LogP contribution is -2.16. The van der Waals surface area contributed by atoms with Gasteiger partial charge in [-0.15, -0.1) is 11.8 Å². The molecule has 0 saturated carbocycles. The number of carbonyl (C=O) groups excluding carboxylic acids is 1. The zero-order valence-electron chi connectivity index (χ0n) is 17.1. The van der Waals surface area contributed by atoms with Gasteiger partial charge in [0.2, 0.25) is 12.7 Å². The van der Waals surface area contributed by atoms with Crippen molar-refractivity contribution >= 4 is 23.5 Å². The predicted molar refractivity (Wildman–Crippen MR) is 118 cm³/mol. The first-order valence-corrected chi connectivity index (χ1v) is 11.0. The van der Waals surface area contributed by atoms with Crippen LogP contribution in [0.15, 0.2) is 48.5 Å². The highest BCUT2D eigenvalue weighted by Crippen LogP contribution is 2.48. The van der Waals surface area contributed by atoms with Crippen LogP contribution >= 0.6 is 11.8 Å². The van der Waals surface area contributed by atoms with Crippen LogP contribution in [0.4, 0.5) is 5.82 Å². The van der Waals surface area contributed by atoms with Crippen molar-refractivity contribution in [2.75, 3.05) is 17.9 Å². The number of nitrogens with one attached hydrogen (secondary N) is 1. The van der Waals surface area contributed by atoms with Gasteiger partial charge in [0.15, 0.2) is 11.5 Å². The molecule has 2 aromatic carbocycles. The van der Waals surface area contributed by atoms with Gasteiger partial charge in [0.05, 0.1) is 22.4 Å². The topological polar surface area (TPSA) is 65.4 Å². The minimum atomic E-state index is -0.200. The summed E-state index contributed by atoms with van der Waals surface area (Å²) < 4.78 is 12.9. The number of aromatic nitrogens is 2. The molecular formula is C23H23N3O3S. The van der Waals surface area contributed by atoms with Gasteiger partial charge in [-0.05, 0) is 29.8 Å². The average Bonchev–Trinajstić information content (AvgIpc) is 3.29. The number of benzene rings is 2. The number of nitrogens with zero attached hydrogens (tertiary/aromatic N) is 2. The lowest BCUT2D eigenvalue weighted by atomic mass is 9.87. The molecule has 1 N–H and O–H groups in total. The third-order valence-corrected chi connectivity index (χ3v) is 6.50. The van der Waals surface area contributed by atoms with E-state index >= 15 is 0 Å². The summed E-state index contributed by atoms with van der Waals surface area (Å²) in [6.07, 6.45) is 0. The van der Waals surface area contributed by atoms with E-state index in [9.17, 15) is 4.79 Å². The third-order valence-electron chi connectivity index (χ3n) is 5.23. The quantitative estimate of drug-likeness (QED) is 0.651. The molecule has 0 bridgehead atoms. The highest BCUT2D eigenvalue weighted by molar-refractivity contribution is 8.00. The summed E-state index contributed by atoms with van der Waals surface area (Å²) in [6.45, 7) is 6.69. The number of hydrogen-bond donors (Lipinski definition) is 1. The van der Waals surface area contributed by atoms with Crippen molar-refractivity contribution in [3.05, 3.63) is 65.4 Å². The van der Waals surface area contributed by atoms with Crippen LogP contribution in [0.5, 0.6) is 11.5 Å². The fraction of sp³-hybridized carbons (Fsp3) is 0.304. The monoisotopic (exact) mass is 421 g/mol. The number of thioether (sulfide) groups is 1. The molecule has 0 spiro atoms. The number of anilines is 1. The Kier molecular flexibility index (Phi) is 4.50. The minimum absolute atomic E-state index is 0.0259. The molecule has 1 atom stereocenters. The summed E-state index contributed by atoms with van der Waals surface area (Å²) in [7, 11) is 0. The average molecular weight is 422 g/mol. The summed E-state index contributed by atoms with van der Waals surface area (Å²) >= 11 is 1.61.